The summed E-state index contributed by atoms with van der Waals surface area (Å²) in [4.78, 5) is 26.3. The van der Waals surface area contributed by atoms with Crippen molar-refractivity contribution in [3.63, 3.8) is 0 Å². The second kappa shape index (κ2) is 6.72. The third-order valence-corrected chi connectivity index (χ3v) is 4.44. The predicted molar refractivity (Wildman–Crippen MR) is 97.3 cm³/mol. The first-order chi connectivity index (χ1) is 11.8. The van der Waals surface area contributed by atoms with Crippen molar-refractivity contribution >= 4 is 17.5 Å². The zero-order valence-corrected chi connectivity index (χ0v) is 14.9. The van der Waals surface area contributed by atoms with E-state index in [9.17, 15) is 9.59 Å². The van der Waals surface area contributed by atoms with E-state index in [0.717, 1.165) is 25.3 Å². The summed E-state index contributed by atoms with van der Waals surface area (Å²) in [6.45, 7) is 7.19. The normalized spacial score (nSPS) is 13.9. The lowest BCUT2D eigenvalue weighted by Gasteiger charge is -2.17. The smallest absolute Gasteiger partial charge is 0.272 e. The Kier molecular flexibility index (Phi) is 4.63. The third kappa shape index (κ3) is 3.58. The lowest BCUT2D eigenvalue weighted by atomic mass is 10.1. The minimum absolute atomic E-state index is 0.245. The highest BCUT2D eigenvalue weighted by Gasteiger charge is 2.23. The zero-order valence-electron chi connectivity index (χ0n) is 14.9. The molecular weight excluding hydrogens is 316 g/mol. The van der Waals surface area contributed by atoms with Crippen LogP contribution < -0.4 is 11.1 Å². The fourth-order valence-electron chi connectivity index (χ4n) is 3.36. The Morgan fingerprint density at radius 2 is 2.04 bits per heavy atom. The zero-order chi connectivity index (χ0) is 18.1. The number of carbonyl (C=O) groups is 2. The number of aromatic nitrogens is 1. The van der Waals surface area contributed by atoms with Crippen LogP contribution in [0.1, 0.15) is 45.8 Å². The Bertz CT molecular complexity index is 823. The van der Waals surface area contributed by atoms with Gasteiger partial charge >= 0.3 is 0 Å². The monoisotopic (exact) mass is 340 g/mol. The van der Waals surface area contributed by atoms with E-state index in [2.05, 4.69) is 30.1 Å². The van der Waals surface area contributed by atoms with E-state index in [-0.39, 0.29) is 5.91 Å². The van der Waals surface area contributed by atoms with E-state index >= 15 is 0 Å². The molecular formula is C19H24N4O2. The summed E-state index contributed by atoms with van der Waals surface area (Å²) in [7, 11) is 1.72. The quantitative estimate of drug-likeness (QED) is 0.877. The standard InChI is InChI=1S/C19H24N4O2/c1-12(2)8-23-10-13-5-4-6-16(15(13)11-23)21-19(25)17-7-14(18(20)24)9-22(17)3/h4-7,9,12H,8,10-11H2,1-3H3,(H2,20,24)(H,21,25). The van der Waals surface area contributed by atoms with Crippen molar-refractivity contribution in [2.75, 3.05) is 11.9 Å². The van der Waals surface area contributed by atoms with Crippen LogP contribution in [-0.2, 0) is 20.1 Å². The van der Waals surface area contributed by atoms with Gasteiger partial charge in [-0.25, -0.2) is 0 Å². The molecule has 2 aromatic rings. The molecule has 3 N–H and O–H groups in total. The summed E-state index contributed by atoms with van der Waals surface area (Å²) in [5.41, 5.74) is 9.27. The van der Waals surface area contributed by atoms with Gasteiger partial charge in [-0.1, -0.05) is 26.0 Å². The number of hydrogen-bond donors (Lipinski definition) is 2. The molecule has 2 heterocycles. The van der Waals surface area contributed by atoms with Crippen molar-refractivity contribution in [1.82, 2.24) is 9.47 Å². The lowest BCUT2D eigenvalue weighted by molar-refractivity contribution is 0.0998. The van der Waals surface area contributed by atoms with Crippen LogP contribution in [0.5, 0.6) is 0 Å². The lowest BCUT2D eigenvalue weighted by Crippen LogP contribution is -2.22. The summed E-state index contributed by atoms with van der Waals surface area (Å²) in [5, 5.41) is 2.99. The summed E-state index contributed by atoms with van der Waals surface area (Å²) >= 11 is 0. The average Bonchev–Trinajstić information content (AvgIpc) is 3.10. The molecule has 25 heavy (non-hydrogen) atoms. The van der Waals surface area contributed by atoms with Gasteiger partial charge < -0.3 is 15.6 Å². The van der Waals surface area contributed by atoms with Crippen LogP contribution in [0, 0.1) is 5.92 Å². The number of nitrogens with two attached hydrogens (primary N) is 1. The number of benzene rings is 1. The number of anilines is 1. The molecule has 1 aromatic heterocycles. The molecule has 1 aliphatic heterocycles. The van der Waals surface area contributed by atoms with Crippen molar-refractivity contribution < 1.29 is 9.59 Å². The minimum Gasteiger partial charge on any atom is -0.366 e. The van der Waals surface area contributed by atoms with Crippen LogP contribution in [0.3, 0.4) is 0 Å². The number of hydrogen-bond acceptors (Lipinski definition) is 3. The molecule has 132 valence electrons. The van der Waals surface area contributed by atoms with Crippen molar-refractivity contribution in [3.05, 3.63) is 52.8 Å². The first-order valence-electron chi connectivity index (χ1n) is 8.45. The van der Waals surface area contributed by atoms with Crippen LogP contribution >= 0.6 is 0 Å². The molecule has 0 radical (unpaired) electrons. The summed E-state index contributed by atoms with van der Waals surface area (Å²) in [6, 6.07) is 7.52. The molecule has 0 fully saturated rings. The van der Waals surface area contributed by atoms with E-state index in [4.69, 9.17) is 5.73 Å². The maximum Gasteiger partial charge on any atom is 0.272 e. The molecule has 0 aliphatic carbocycles. The highest BCUT2D eigenvalue weighted by Crippen LogP contribution is 2.30. The van der Waals surface area contributed by atoms with E-state index in [1.165, 1.54) is 17.2 Å². The summed E-state index contributed by atoms with van der Waals surface area (Å²) in [6.07, 6.45) is 1.57. The summed E-state index contributed by atoms with van der Waals surface area (Å²) < 4.78 is 1.61. The maximum atomic E-state index is 12.6. The van der Waals surface area contributed by atoms with Crippen molar-refractivity contribution in [2.45, 2.75) is 26.9 Å². The molecule has 1 aromatic carbocycles. The van der Waals surface area contributed by atoms with Gasteiger partial charge in [0.1, 0.15) is 5.69 Å². The van der Waals surface area contributed by atoms with E-state index in [1.807, 2.05) is 12.1 Å². The van der Waals surface area contributed by atoms with Crippen LogP contribution in [0.15, 0.2) is 30.5 Å². The number of primary amides is 1. The van der Waals surface area contributed by atoms with Gasteiger partial charge in [-0.3, -0.25) is 14.5 Å². The first-order valence-corrected chi connectivity index (χ1v) is 8.45. The van der Waals surface area contributed by atoms with Crippen LogP contribution in [0.4, 0.5) is 5.69 Å². The summed E-state index contributed by atoms with van der Waals surface area (Å²) in [5.74, 6) is -0.187. The van der Waals surface area contributed by atoms with Gasteiger partial charge in [0.2, 0.25) is 5.91 Å². The number of amides is 2. The van der Waals surface area contributed by atoms with Gasteiger partial charge in [0.25, 0.3) is 5.91 Å². The number of fused-ring (bicyclic) bond motifs is 1. The van der Waals surface area contributed by atoms with Crippen molar-refractivity contribution in [3.8, 4) is 0 Å². The van der Waals surface area contributed by atoms with Crippen molar-refractivity contribution in [2.24, 2.45) is 18.7 Å². The Hall–Kier alpha value is -2.60. The van der Waals surface area contributed by atoms with Crippen LogP contribution in [0.2, 0.25) is 0 Å². The van der Waals surface area contributed by atoms with E-state index < -0.39 is 5.91 Å². The predicted octanol–water partition coefficient (Wildman–Crippen LogP) is 2.35. The molecule has 1 aliphatic rings. The number of nitrogens with one attached hydrogen (secondary N) is 1. The SMILES string of the molecule is CC(C)CN1Cc2cccc(NC(=O)c3cc(C(N)=O)cn3C)c2C1. The fraction of sp³-hybridized carbons (Fsp3) is 0.368. The second-order valence-corrected chi connectivity index (χ2v) is 7.05. The first kappa shape index (κ1) is 17.2. The number of rotatable bonds is 5. The molecule has 6 heteroatoms. The van der Waals surface area contributed by atoms with Crippen molar-refractivity contribution in [1.29, 1.82) is 0 Å². The number of nitrogens with zero attached hydrogens (tertiary/aromatic N) is 2. The van der Waals surface area contributed by atoms with E-state index in [1.54, 1.807) is 17.8 Å². The molecule has 0 unspecified atom stereocenters. The Morgan fingerprint density at radius 1 is 1.28 bits per heavy atom. The van der Waals surface area contributed by atoms with E-state index in [0.29, 0.717) is 17.2 Å². The molecule has 6 nitrogen and oxygen atoms in total. The minimum atomic E-state index is -0.542. The second-order valence-electron chi connectivity index (χ2n) is 7.05. The largest absolute Gasteiger partial charge is 0.366 e. The van der Waals surface area contributed by atoms with Gasteiger partial charge in [-0.2, -0.15) is 0 Å². The van der Waals surface area contributed by atoms with Gasteiger partial charge in [-0.15, -0.1) is 0 Å². The van der Waals surface area contributed by atoms with Gasteiger partial charge in [0, 0.05) is 38.6 Å². The highest BCUT2D eigenvalue weighted by atomic mass is 16.2. The number of aryl methyl sites for hydroxylation is 1. The van der Waals surface area contributed by atoms with Crippen LogP contribution in [0.25, 0.3) is 0 Å². The highest BCUT2D eigenvalue weighted by molar-refractivity contribution is 6.05. The molecule has 2 amide bonds. The molecule has 0 spiro atoms. The molecule has 0 saturated carbocycles. The van der Waals surface area contributed by atoms with Gasteiger partial charge in [0.05, 0.1) is 5.56 Å². The Morgan fingerprint density at radius 3 is 2.68 bits per heavy atom. The molecule has 0 atom stereocenters. The van der Waals surface area contributed by atoms with Gasteiger partial charge in [0.15, 0.2) is 0 Å². The maximum absolute atomic E-state index is 12.6. The third-order valence-electron chi connectivity index (χ3n) is 4.44. The van der Waals surface area contributed by atoms with Crippen LogP contribution in [-0.4, -0.2) is 27.8 Å². The molecule has 3 rings (SSSR count). The average molecular weight is 340 g/mol. The molecule has 0 saturated heterocycles. The van der Waals surface area contributed by atoms with Gasteiger partial charge in [-0.05, 0) is 29.2 Å². The number of carbonyl (C=O) groups excluding carboxylic acids is 2. The molecule has 0 bridgehead atoms. The Labute approximate surface area is 147 Å². The topological polar surface area (TPSA) is 80.4 Å². The Balaban J connectivity index is 1.80. The fourth-order valence-corrected chi connectivity index (χ4v) is 3.36.